The number of rotatable bonds is 11. The normalized spacial score (nSPS) is 14.5. The van der Waals surface area contributed by atoms with Crippen LogP contribution < -0.4 is 10.6 Å². The molecule has 1 aromatic heterocycles. The Kier molecular flexibility index (Phi) is 9.51. The Labute approximate surface area is 225 Å². The van der Waals surface area contributed by atoms with Crippen molar-refractivity contribution in [1.82, 2.24) is 20.1 Å². The van der Waals surface area contributed by atoms with Crippen LogP contribution in [0, 0.1) is 10.1 Å². The lowest BCUT2D eigenvalue weighted by molar-refractivity contribution is -0.384. The first-order valence-electron chi connectivity index (χ1n) is 12.4. The number of hydrogen-bond donors (Lipinski definition) is 2. The second-order valence-electron chi connectivity index (χ2n) is 9.02. The number of aromatic nitrogens is 1. The summed E-state index contributed by atoms with van der Waals surface area (Å²) < 4.78 is 0. The third-order valence-corrected chi connectivity index (χ3v) is 7.03. The average Bonchev–Trinajstić information content (AvgIpc) is 2.89. The molecule has 1 amide bonds. The highest BCUT2D eigenvalue weighted by Gasteiger charge is 2.18. The molecule has 4 rings (SSSR count). The maximum absolute atomic E-state index is 12.3. The van der Waals surface area contributed by atoms with Gasteiger partial charge in [0.1, 0.15) is 5.02 Å². The fourth-order valence-electron chi connectivity index (χ4n) is 4.44. The summed E-state index contributed by atoms with van der Waals surface area (Å²) in [5.41, 5.74) is 1.94. The minimum Gasteiger partial charge on any atom is -0.384 e. The van der Waals surface area contributed by atoms with Crippen molar-refractivity contribution < 1.29 is 9.72 Å². The Morgan fingerprint density at radius 3 is 2.38 bits per heavy atom. The topological polar surface area (TPSA) is 104 Å². The Morgan fingerprint density at radius 1 is 0.973 bits per heavy atom. The summed E-state index contributed by atoms with van der Waals surface area (Å²) in [7, 11) is 0. The zero-order valence-electron chi connectivity index (χ0n) is 20.5. The Hall–Kier alpha value is -2.98. The monoisotopic (exact) mass is 544 g/mol. The molecule has 1 aliphatic rings. The smallest absolute Gasteiger partial charge is 0.288 e. The van der Waals surface area contributed by atoms with Crippen molar-refractivity contribution in [2.24, 2.45) is 0 Å². The molecule has 0 radical (unpaired) electrons. The number of fused-ring (bicyclic) bond motifs is 1. The standard InChI is InChI=1S/C26H30Cl2N6O3/c27-20-4-5-21-23(7-10-30-24(21)18-20)29-8-1-11-32-13-15-33(16-14-32)12-2-9-31-26(35)19-3-6-22(28)25(17-19)34(36)37/h3-7,10,17-18H,1-2,8-9,11-16H2,(H,29,30)(H,31,35). The first kappa shape index (κ1) is 27.1. The van der Waals surface area contributed by atoms with Crippen molar-refractivity contribution in [2.45, 2.75) is 12.8 Å². The molecule has 1 fully saturated rings. The Morgan fingerprint density at radius 2 is 1.68 bits per heavy atom. The van der Waals surface area contributed by atoms with Crippen molar-refractivity contribution in [3.63, 3.8) is 0 Å². The van der Waals surface area contributed by atoms with Crippen LogP contribution in [0.25, 0.3) is 10.9 Å². The van der Waals surface area contributed by atoms with Gasteiger partial charge in [-0.3, -0.25) is 19.9 Å². The van der Waals surface area contributed by atoms with Gasteiger partial charge in [0.2, 0.25) is 0 Å². The number of carbonyl (C=O) groups is 1. The SMILES string of the molecule is O=C(NCCCN1CCN(CCCNc2ccnc3cc(Cl)ccc23)CC1)c1ccc(Cl)c([N+](=O)[O-])c1. The predicted octanol–water partition coefficient (Wildman–Crippen LogP) is 4.69. The van der Waals surface area contributed by atoms with Crippen molar-refractivity contribution in [3.8, 4) is 0 Å². The zero-order valence-corrected chi connectivity index (χ0v) is 22.0. The third kappa shape index (κ3) is 7.52. The van der Waals surface area contributed by atoms with Crippen molar-refractivity contribution in [3.05, 3.63) is 74.4 Å². The lowest BCUT2D eigenvalue weighted by Gasteiger charge is -2.34. The van der Waals surface area contributed by atoms with E-state index < -0.39 is 4.92 Å². The predicted molar refractivity (Wildman–Crippen MR) is 148 cm³/mol. The van der Waals surface area contributed by atoms with Gasteiger partial charge in [0.25, 0.3) is 11.6 Å². The molecule has 37 heavy (non-hydrogen) atoms. The molecule has 1 saturated heterocycles. The van der Waals surface area contributed by atoms with E-state index in [0.29, 0.717) is 11.6 Å². The second-order valence-corrected chi connectivity index (χ2v) is 9.86. The largest absolute Gasteiger partial charge is 0.384 e. The number of carbonyl (C=O) groups excluding carboxylic acids is 1. The van der Waals surface area contributed by atoms with E-state index in [1.165, 1.54) is 18.2 Å². The molecule has 3 aromatic rings. The lowest BCUT2D eigenvalue weighted by atomic mass is 10.2. The summed E-state index contributed by atoms with van der Waals surface area (Å²) in [6.07, 6.45) is 3.66. The van der Waals surface area contributed by atoms with Crippen LogP contribution in [-0.4, -0.2) is 78.0 Å². The van der Waals surface area contributed by atoms with Crippen molar-refractivity contribution >= 4 is 51.4 Å². The minimum absolute atomic E-state index is 0.0186. The van der Waals surface area contributed by atoms with E-state index >= 15 is 0 Å². The van der Waals surface area contributed by atoms with Gasteiger partial charge in [0.15, 0.2) is 0 Å². The number of halogens is 2. The van der Waals surface area contributed by atoms with Crippen molar-refractivity contribution in [2.75, 3.05) is 57.7 Å². The number of nitrogens with zero attached hydrogens (tertiary/aromatic N) is 4. The van der Waals surface area contributed by atoms with E-state index in [0.717, 1.165) is 75.2 Å². The fourth-order valence-corrected chi connectivity index (χ4v) is 4.79. The lowest BCUT2D eigenvalue weighted by Crippen LogP contribution is -2.47. The number of benzene rings is 2. The summed E-state index contributed by atoms with van der Waals surface area (Å²) in [4.78, 5) is 32.0. The molecule has 0 aliphatic carbocycles. The molecular formula is C26H30Cl2N6O3. The molecule has 9 nitrogen and oxygen atoms in total. The van der Waals surface area contributed by atoms with Gasteiger partial charge < -0.3 is 20.4 Å². The third-order valence-electron chi connectivity index (χ3n) is 6.48. The first-order chi connectivity index (χ1) is 17.9. The average molecular weight is 545 g/mol. The van der Waals surface area contributed by atoms with Crippen molar-refractivity contribution in [1.29, 1.82) is 0 Å². The first-order valence-corrected chi connectivity index (χ1v) is 13.1. The molecule has 0 atom stereocenters. The van der Waals surface area contributed by atoms with Gasteiger partial charge in [0.05, 0.1) is 10.4 Å². The van der Waals surface area contributed by atoms with Gasteiger partial charge >= 0.3 is 0 Å². The number of amides is 1. The van der Waals surface area contributed by atoms with E-state index in [2.05, 4.69) is 25.4 Å². The molecule has 2 aromatic carbocycles. The van der Waals surface area contributed by atoms with Crippen LogP contribution in [-0.2, 0) is 0 Å². The van der Waals surface area contributed by atoms with Crippen LogP contribution in [0.3, 0.4) is 0 Å². The molecule has 196 valence electrons. The minimum atomic E-state index is -0.589. The molecule has 0 unspecified atom stereocenters. The van der Waals surface area contributed by atoms with E-state index in [1.807, 2.05) is 24.3 Å². The molecule has 0 spiro atoms. The van der Waals surface area contributed by atoms with Gasteiger partial charge in [-0.25, -0.2) is 0 Å². The number of pyridine rings is 1. The number of piperazine rings is 1. The highest BCUT2D eigenvalue weighted by Crippen LogP contribution is 2.25. The molecule has 0 bridgehead atoms. The number of nitro groups is 1. The Balaban J connectivity index is 1.10. The van der Waals surface area contributed by atoms with Crippen LogP contribution in [0.2, 0.25) is 10.0 Å². The fraction of sp³-hybridized carbons (Fsp3) is 0.385. The molecule has 1 aliphatic heterocycles. The van der Waals surface area contributed by atoms with Crippen LogP contribution in [0.5, 0.6) is 0 Å². The van der Waals surface area contributed by atoms with Crippen LogP contribution in [0.15, 0.2) is 48.7 Å². The van der Waals surface area contributed by atoms with Gasteiger partial charge in [-0.05, 0) is 62.3 Å². The van der Waals surface area contributed by atoms with Crippen LogP contribution in [0.4, 0.5) is 11.4 Å². The molecule has 0 saturated carbocycles. The Bertz CT molecular complexity index is 1250. The summed E-state index contributed by atoms with van der Waals surface area (Å²) in [6.45, 7) is 7.39. The number of anilines is 1. The maximum atomic E-state index is 12.3. The zero-order chi connectivity index (χ0) is 26.2. The summed E-state index contributed by atoms with van der Waals surface area (Å²) in [5, 5.41) is 19.2. The number of nitrogens with one attached hydrogen (secondary N) is 2. The van der Waals surface area contributed by atoms with E-state index in [1.54, 1.807) is 6.20 Å². The molecule has 11 heteroatoms. The van der Waals surface area contributed by atoms with Crippen LogP contribution >= 0.6 is 23.2 Å². The van der Waals surface area contributed by atoms with Gasteiger partial charge in [-0.15, -0.1) is 0 Å². The van der Waals surface area contributed by atoms with Gasteiger partial charge in [0, 0.05) is 73.2 Å². The van der Waals surface area contributed by atoms with E-state index in [4.69, 9.17) is 23.2 Å². The molecule has 2 N–H and O–H groups in total. The number of nitro benzene ring substituents is 1. The highest BCUT2D eigenvalue weighted by atomic mass is 35.5. The van der Waals surface area contributed by atoms with E-state index in [9.17, 15) is 14.9 Å². The van der Waals surface area contributed by atoms with Gasteiger partial charge in [-0.2, -0.15) is 0 Å². The second kappa shape index (κ2) is 13.0. The number of hydrogen-bond acceptors (Lipinski definition) is 7. The highest BCUT2D eigenvalue weighted by molar-refractivity contribution is 6.32. The maximum Gasteiger partial charge on any atom is 0.288 e. The van der Waals surface area contributed by atoms with E-state index in [-0.39, 0.29) is 22.2 Å². The van der Waals surface area contributed by atoms with Gasteiger partial charge in [-0.1, -0.05) is 23.2 Å². The summed E-state index contributed by atoms with van der Waals surface area (Å²) >= 11 is 11.9. The molecular weight excluding hydrogens is 515 g/mol. The quantitative estimate of drug-likeness (QED) is 0.205. The summed E-state index contributed by atoms with van der Waals surface area (Å²) in [6, 6.07) is 11.8. The summed E-state index contributed by atoms with van der Waals surface area (Å²) in [5.74, 6) is -0.332. The molecule has 2 heterocycles. The van der Waals surface area contributed by atoms with Crippen LogP contribution in [0.1, 0.15) is 23.2 Å².